The van der Waals surface area contributed by atoms with Crippen LogP contribution in [0.4, 0.5) is 0 Å². The van der Waals surface area contributed by atoms with Crippen LogP contribution in [0, 0.1) is 0 Å². The second-order valence-electron chi connectivity index (χ2n) is 4.46. The van der Waals surface area contributed by atoms with Crippen LogP contribution in [0.25, 0.3) is 0 Å². The van der Waals surface area contributed by atoms with Gasteiger partial charge in [0, 0.05) is 5.69 Å². The van der Waals surface area contributed by atoms with Crippen LogP contribution in [0.3, 0.4) is 0 Å². The minimum atomic E-state index is -1.05. The zero-order chi connectivity index (χ0) is 14.0. The molecular weight excluding hydrogens is 244 g/mol. The van der Waals surface area contributed by atoms with Crippen molar-refractivity contribution in [3.8, 4) is 0 Å². The Hall–Kier alpha value is -2.04. The Morgan fingerprint density at radius 2 is 2.16 bits per heavy atom. The van der Waals surface area contributed by atoms with E-state index in [1.807, 2.05) is 11.6 Å². The Bertz CT molecular complexity index is 583. The van der Waals surface area contributed by atoms with Crippen LogP contribution in [0.15, 0.2) is 22.6 Å². The number of aryl methyl sites for hydroxylation is 2. The number of aromatic carboxylic acids is 1. The lowest BCUT2D eigenvalue weighted by Crippen LogP contribution is -2.11. The van der Waals surface area contributed by atoms with Crippen molar-refractivity contribution in [3.05, 3.63) is 41.1 Å². The van der Waals surface area contributed by atoms with Gasteiger partial charge in [0.25, 0.3) is 0 Å². The van der Waals surface area contributed by atoms with Crippen LogP contribution >= 0.6 is 0 Å². The summed E-state index contributed by atoms with van der Waals surface area (Å²) < 4.78 is 7.25. The van der Waals surface area contributed by atoms with Gasteiger partial charge in [-0.3, -0.25) is 4.68 Å². The zero-order valence-electron chi connectivity index (χ0n) is 11.4. The predicted molar refractivity (Wildman–Crippen MR) is 70.5 cm³/mol. The molecule has 1 atom stereocenters. The summed E-state index contributed by atoms with van der Waals surface area (Å²) in [6.07, 6.45) is 1.76. The molecule has 0 aliphatic heterocycles. The molecule has 2 heterocycles. The summed E-state index contributed by atoms with van der Waals surface area (Å²) in [6.45, 7) is 6.09. The number of aromatic nitrogens is 2. The first-order valence-corrected chi connectivity index (χ1v) is 6.47. The Labute approximate surface area is 111 Å². The summed E-state index contributed by atoms with van der Waals surface area (Å²) in [6, 6.07) is 5.14. The van der Waals surface area contributed by atoms with Crippen molar-refractivity contribution in [2.75, 3.05) is 0 Å². The topological polar surface area (TPSA) is 68.3 Å². The molecule has 0 aromatic carbocycles. The van der Waals surface area contributed by atoms with E-state index in [4.69, 9.17) is 9.52 Å². The average molecular weight is 262 g/mol. The van der Waals surface area contributed by atoms with Crippen molar-refractivity contribution < 1.29 is 14.3 Å². The van der Waals surface area contributed by atoms with Gasteiger partial charge in [-0.1, -0.05) is 13.8 Å². The second-order valence-corrected chi connectivity index (χ2v) is 4.46. The zero-order valence-corrected chi connectivity index (χ0v) is 11.4. The molecule has 5 nitrogen and oxygen atoms in total. The normalized spacial score (nSPS) is 12.6. The Balaban J connectivity index is 2.34. The van der Waals surface area contributed by atoms with E-state index in [2.05, 4.69) is 25.0 Å². The minimum absolute atomic E-state index is 0.0391. The molecule has 0 saturated carbocycles. The maximum absolute atomic E-state index is 10.8. The van der Waals surface area contributed by atoms with Crippen molar-refractivity contribution in [2.45, 2.75) is 39.7 Å². The molecule has 0 fully saturated rings. The van der Waals surface area contributed by atoms with E-state index < -0.39 is 5.97 Å². The summed E-state index contributed by atoms with van der Waals surface area (Å²) in [7, 11) is 0. The molecule has 0 bridgehead atoms. The molecule has 1 N–H and O–H groups in total. The van der Waals surface area contributed by atoms with Gasteiger partial charge in [0.1, 0.15) is 11.8 Å². The number of carboxylic acid groups (broad SMARTS) is 1. The molecule has 2 rings (SSSR count). The molecule has 0 aliphatic rings. The highest BCUT2D eigenvalue weighted by Gasteiger charge is 2.18. The van der Waals surface area contributed by atoms with E-state index in [0.717, 1.165) is 24.2 Å². The third kappa shape index (κ3) is 2.54. The van der Waals surface area contributed by atoms with Crippen LogP contribution in [0.2, 0.25) is 0 Å². The van der Waals surface area contributed by atoms with Crippen molar-refractivity contribution in [1.29, 1.82) is 0 Å². The summed E-state index contributed by atoms with van der Waals surface area (Å²) in [5, 5.41) is 13.4. The number of hydrogen-bond acceptors (Lipinski definition) is 3. The highest BCUT2D eigenvalue weighted by atomic mass is 16.4. The lowest BCUT2D eigenvalue weighted by atomic mass is 10.2. The molecule has 102 valence electrons. The summed E-state index contributed by atoms with van der Waals surface area (Å²) >= 11 is 0. The van der Waals surface area contributed by atoms with E-state index in [1.165, 1.54) is 6.07 Å². The quantitative estimate of drug-likeness (QED) is 0.899. The number of nitrogens with zero attached hydrogens (tertiary/aromatic N) is 2. The SMILES string of the molecule is CCc1cc(CC)n(C(C)c2ccc(C(=O)O)o2)n1. The monoisotopic (exact) mass is 262 g/mol. The molecule has 0 saturated heterocycles. The van der Waals surface area contributed by atoms with Gasteiger partial charge < -0.3 is 9.52 Å². The molecule has 1 unspecified atom stereocenters. The van der Waals surface area contributed by atoms with E-state index >= 15 is 0 Å². The Kier molecular flexibility index (Phi) is 3.74. The first-order valence-electron chi connectivity index (χ1n) is 6.47. The number of rotatable bonds is 5. The van der Waals surface area contributed by atoms with Gasteiger partial charge in [0.2, 0.25) is 5.76 Å². The van der Waals surface area contributed by atoms with E-state index in [0.29, 0.717) is 5.76 Å². The maximum atomic E-state index is 10.8. The van der Waals surface area contributed by atoms with E-state index in [9.17, 15) is 4.79 Å². The molecule has 0 amide bonds. The van der Waals surface area contributed by atoms with Gasteiger partial charge in [-0.15, -0.1) is 0 Å². The smallest absolute Gasteiger partial charge is 0.371 e. The molecule has 19 heavy (non-hydrogen) atoms. The second kappa shape index (κ2) is 5.30. The van der Waals surface area contributed by atoms with Crippen molar-refractivity contribution in [3.63, 3.8) is 0 Å². The van der Waals surface area contributed by atoms with Gasteiger partial charge in [0.15, 0.2) is 0 Å². The molecule has 0 aliphatic carbocycles. The third-order valence-electron chi connectivity index (χ3n) is 3.20. The molecule has 0 radical (unpaired) electrons. The largest absolute Gasteiger partial charge is 0.475 e. The Morgan fingerprint density at radius 1 is 1.42 bits per heavy atom. The summed E-state index contributed by atoms with van der Waals surface area (Å²) in [5.41, 5.74) is 2.16. The average Bonchev–Trinajstić information content (AvgIpc) is 3.04. The van der Waals surface area contributed by atoms with Gasteiger partial charge in [-0.2, -0.15) is 5.10 Å². The number of hydrogen-bond donors (Lipinski definition) is 1. The van der Waals surface area contributed by atoms with Crippen LogP contribution in [0.1, 0.15) is 54.5 Å². The third-order valence-corrected chi connectivity index (χ3v) is 3.20. The van der Waals surface area contributed by atoms with Gasteiger partial charge >= 0.3 is 5.97 Å². The molecule has 2 aromatic heterocycles. The minimum Gasteiger partial charge on any atom is -0.475 e. The number of carbonyl (C=O) groups is 1. The van der Waals surface area contributed by atoms with E-state index in [-0.39, 0.29) is 11.8 Å². The van der Waals surface area contributed by atoms with Crippen LogP contribution < -0.4 is 0 Å². The summed E-state index contributed by atoms with van der Waals surface area (Å²) in [4.78, 5) is 10.8. The fraction of sp³-hybridized carbons (Fsp3) is 0.429. The predicted octanol–water partition coefficient (Wildman–Crippen LogP) is 2.91. The van der Waals surface area contributed by atoms with Crippen LogP contribution in [0.5, 0.6) is 0 Å². The lowest BCUT2D eigenvalue weighted by molar-refractivity contribution is 0.0659. The first-order chi connectivity index (χ1) is 9.06. The molecular formula is C14H18N2O3. The fourth-order valence-electron chi connectivity index (χ4n) is 2.07. The molecule has 2 aromatic rings. The molecule has 5 heteroatoms. The van der Waals surface area contributed by atoms with Crippen molar-refractivity contribution in [1.82, 2.24) is 9.78 Å². The first kappa shape index (κ1) is 13.4. The highest BCUT2D eigenvalue weighted by Crippen LogP contribution is 2.22. The molecule has 0 spiro atoms. The van der Waals surface area contributed by atoms with Crippen molar-refractivity contribution in [2.24, 2.45) is 0 Å². The summed E-state index contributed by atoms with van der Waals surface area (Å²) in [5.74, 6) is -0.482. The van der Waals surface area contributed by atoms with Gasteiger partial charge in [-0.25, -0.2) is 4.79 Å². The van der Waals surface area contributed by atoms with E-state index in [1.54, 1.807) is 6.07 Å². The van der Waals surface area contributed by atoms with Gasteiger partial charge in [-0.05, 0) is 38.0 Å². The lowest BCUT2D eigenvalue weighted by Gasteiger charge is -2.12. The van der Waals surface area contributed by atoms with Crippen molar-refractivity contribution >= 4 is 5.97 Å². The highest BCUT2D eigenvalue weighted by molar-refractivity contribution is 5.84. The number of furan rings is 1. The number of carboxylic acids is 1. The maximum Gasteiger partial charge on any atom is 0.371 e. The standard InChI is InChI=1S/C14H18N2O3/c1-4-10-8-11(5-2)16(15-10)9(3)12-6-7-13(19-12)14(17)18/h6-9H,4-5H2,1-3H3,(H,17,18). The Morgan fingerprint density at radius 3 is 2.68 bits per heavy atom. The van der Waals surface area contributed by atoms with Crippen LogP contribution in [-0.4, -0.2) is 20.9 Å². The fourth-order valence-corrected chi connectivity index (χ4v) is 2.07. The van der Waals surface area contributed by atoms with Gasteiger partial charge in [0.05, 0.1) is 5.69 Å². The van der Waals surface area contributed by atoms with Crippen LogP contribution in [-0.2, 0) is 12.8 Å².